The van der Waals surface area contributed by atoms with Crippen molar-refractivity contribution in [1.29, 1.82) is 0 Å². The van der Waals surface area contributed by atoms with E-state index in [-0.39, 0.29) is 24.5 Å². The summed E-state index contributed by atoms with van der Waals surface area (Å²) in [4.78, 5) is 30.1. The number of carboxylic acid groups (broad SMARTS) is 1. The number of nitrogens with two attached hydrogens (primary N) is 1. The second kappa shape index (κ2) is 5.48. The van der Waals surface area contributed by atoms with Gasteiger partial charge >= 0.3 is 12.1 Å². The lowest BCUT2D eigenvalue weighted by Crippen LogP contribution is -2.29. The van der Waals surface area contributed by atoms with Crippen LogP contribution in [0.3, 0.4) is 0 Å². The molecule has 0 aromatic heterocycles. The molecule has 0 aromatic rings. The molecule has 3 N–H and O–H groups in total. The highest BCUT2D eigenvalue weighted by Gasteiger charge is 2.32. The fourth-order valence-electron chi connectivity index (χ4n) is 0.966. The Bertz CT molecular complexity index is 284. The summed E-state index contributed by atoms with van der Waals surface area (Å²) in [5.41, 5.74) is 4.26. The number of hydrogen-bond donors (Lipinski definition) is 2. The Morgan fingerprint density at radius 1 is 1.38 bits per heavy atom. The maximum Gasteiger partial charge on any atom is 0.405 e. The topological polar surface area (TPSA) is 107 Å². The fraction of sp³-hybridized carbons (Fsp3) is 0.700. The van der Waals surface area contributed by atoms with Crippen LogP contribution in [0.25, 0.3) is 0 Å². The Morgan fingerprint density at radius 3 is 1.88 bits per heavy atom. The first kappa shape index (κ1) is 14.4. The Balaban J connectivity index is 0.000000281. The summed E-state index contributed by atoms with van der Waals surface area (Å²) in [7, 11) is 0. The van der Waals surface area contributed by atoms with E-state index < -0.39 is 17.7 Å². The van der Waals surface area contributed by atoms with E-state index in [4.69, 9.17) is 10.8 Å². The first-order valence-corrected chi connectivity index (χ1v) is 4.85. The summed E-state index contributed by atoms with van der Waals surface area (Å²) in [6.45, 7) is 5.28. The highest BCUT2D eigenvalue weighted by atomic mass is 16.6. The van der Waals surface area contributed by atoms with Crippen molar-refractivity contribution in [2.45, 2.75) is 39.2 Å². The Hall–Kier alpha value is -1.59. The van der Waals surface area contributed by atoms with E-state index >= 15 is 0 Å². The standard InChI is InChI=1S/C5H11NO2.C5H6O3/c1-5(2,3)8-4(6)7;6-4-1-3(2-4)5(7)8/h1-3H3,(H2,6,7);3H,1-2H2,(H,7,8). The number of rotatable bonds is 1. The highest BCUT2D eigenvalue weighted by molar-refractivity contribution is 5.93. The number of primary amides is 1. The average Bonchev–Trinajstić information content (AvgIpc) is 1.94. The molecule has 1 fully saturated rings. The van der Waals surface area contributed by atoms with Gasteiger partial charge in [0.15, 0.2) is 0 Å². The van der Waals surface area contributed by atoms with Gasteiger partial charge in [-0.1, -0.05) is 0 Å². The lowest BCUT2D eigenvalue weighted by atomic mass is 9.84. The molecule has 1 saturated carbocycles. The number of ketones is 1. The van der Waals surface area contributed by atoms with Crippen LogP contribution in [0.5, 0.6) is 0 Å². The van der Waals surface area contributed by atoms with Crippen molar-refractivity contribution in [1.82, 2.24) is 0 Å². The molecule has 0 aliphatic heterocycles. The van der Waals surface area contributed by atoms with Crippen LogP contribution in [0.1, 0.15) is 33.6 Å². The van der Waals surface area contributed by atoms with Crippen molar-refractivity contribution in [3.05, 3.63) is 0 Å². The molecule has 92 valence electrons. The lowest BCUT2D eigenvalue weighted by Gasteiger charge is -2.18. The van der Waals surface area contributed by atoms with Gasteiger partial charge in [-0.3, -0.25) is 9.59 Å². The van der Waals surface area contributed by atoms with Crippen LogP contribution in [0, 0.1) is 5.92 Å². The average molecular weight is 231 g/mol. The second-order valence-corrected chi connectivity index (χ2v) is 4.52. The predicted octanol–water partition coefficient (Wildman–Crippen LogP) is 0.930. The van der Waals surface area contributed by atoms with E-state index in [0.717, 1.165) is 0 Å². The number of carbonyl (C=O) groups excluding carboxylic acids is 2. The molecule has 6 nitrogen and oxygen atoms in total. The number of aliphatic carboxylic acids is 1. The van der Waals surface area contributed by atoms with Crippen LogP contribution in [0.4, 0.5) is 4.79 Å². The molecule has 0 saturated heterocycles. The maximum absolute atomic E-state index is 10.2. The molecule has 1 rings (SSSR count). The van der Waals surface area contributed by atoms with E-state index in [0.29, 0.717) is 0 Å². The quantitative estimate of drug-likeness (QED) is 0.698. The van der Waals surface area contributed by atoms with Crippen molar-refractivity contribution in [2.24, 2.45) is 11.7 Å². The third-order valence-electron chi connectivity index (χ3n) is 1.70. The second-order valence-electron chi connectivity index (χ2n) is 4.52. The van der Waals surface area contributed by atoms with Gasteiger partial charge in [-0.25, -0.2) is 4.79 Å². The van der Waals surface area contributed by atoms with Crippen molar-refractivity contribution in [3.63, 3.8) is 0 Å². The lowest BCUT2D eigenvalue weighted by molar-refractivity contribution is -0.149. The number of hydrogen-bond acceptors (Lipinski definition) is 4. The zero-order chi connectivity index (χ0) is 12.9. The van der Waals surface area contributed by atoms with Gasteiger partial charge in [0.25, 0.3) is 0 Å². The first-order valence-electron chi connectivity index (χ1n) is 4.85. The first-order chi connectivity index (χ1) is 7.11. The minimum atomic E-state index is -0.843. The molecule has 6 heteroatoms. The van der Waals surface area contributed by atoms with Crippen molar-refractivity contribution >= 4 is 17.8 Å². The molecule has 0 heterocycles. The summed E-state index contributed by atoms with van der Waals surface area (Å²) >= 11 is 0. The zero-order valence-electron chi connectivity index (χ0n) is 9.65. The number of Topliss-reactive ketones (excluding diaryl/α,β-unsaturated/α-hetero) is 1. The predicted molar refractivity (Wildman–Crippen MR) is 55.8 cm³/mol. The molecule has 0 atom stereocenters. The highest BCUT2D eigenvalue weighted by Crippen LogP contribution is 2.22. The van der Waals surface area contributed by atoms with Gasteiger partial charge in [-0.2, -0.15) is 0 Å². The number of carbonyl (C=O) groups is 3. The third kappa shape index (κ3) is 6.80. The van der Waals surface area contributed by atoms with Gasteiger partial charge in [-0.15, -0.1) is 0 Å². The molecule has 0 aromatic carbocycles. The minimum absolute atomic E-state index is 0.0670. The van der Waals surface area contributed by atoms with Crippen LogP contribution in [0.2, 0.25) is 0 Å². The van der Waals surface area contributed by atoms with Gasteiger partial charge in [-0.05, 0) is 20.8 Å². The molecular weight excluding hydrogens is 214 g/mol. The Morgan fingerprint density at radius 2 is 1.81 bits per heavy atom. The van der Waals surface area contributed by atoms with Gasteiger partial charge in [0.05, 0.1) is 5.92 Å². The molecule has 0 unspecified atom stereocenters. The van der Waals surface area contributed by atoms with Crippen LogP contribution in [0.15, 0.2) is 0 Å². The smallest absolute Gasteiger partial charge is 0.405 e. The van der Waals surface area contributed by atoms with Gasteiger partial charge in [0, 0.05) is 12.8 Å². The number of amides is 1. The van der Waals surface area contributed by atoms with Crippen LogP contribution >= 0.6 is 0 Å². The van der Waals surface area contributed by atoms with Gasteiger partial charge in [0.1, 0.15) is 11.4 Å². The zero-order valence-corrected chi connectivity index (χ0v) is 9.65. The summed E-state index contributed by atoms with van der Waals surface area (Å²) in [5, 5.41) is 8.20. The molecule has 16 heavy (non-hydrogen) atoms. The van der Waals surface area contributed by atoms with E-state index in [1.807, 2.05) is 0 Å². The summed E-state index contributed by atoms with van der Waals surface area (Å²) < 4.78 is 4.58. The van der Waals surface area contributed by atoms with E-state index in [1.54, 1.807) is 20.8 Å². The van der Waals surface area contributed by atoms with E-state index in [9.17, 15) is 14.4 Å². The molecule has 1 aliphatic rings. The van der Waals surface area contributed by atoms with E-state index in [2.05, 4.69) is 4.74 Å². The van der Waals surface area contributed by atoms with Gasteiger partial charge in [0.2, 0.25) is 0 Å². The maximum atomic E-state index is 10.2. The van der Waals surface area contributed by atoms with Crippen molar-refractivity contribution in [2.75, 3.05) is 0 Å². The molecule has 1 amide bonds. The normalized spacial score (nSPS) is 15.6. The molecule has 0 radical (unpaired) electrons. The third-order valence-corrected chi connectivity index (χ3v) is 1.70. The van der Waals surface area contributed by atoms with E-state index in [1.165, 1.54) is 0 Å². The van der Waals surface area contributed by atoms with Crippen molar-refractivity contribution < 1.29 is 24.2 Å². The van der Waals surface area contributed by atoms with Crippen molar-refractivity contribution in [3.8, 4) is 0 Å². The Labute approximate surface area is 93.8 Å². The monoisotopic (exact) mass is 231 g/mol. The number of ether oxygens (including phenoxy) is 1. The Kier molecular flexibility index (Phi) is 4.94. The minimum Gasteiger partial charge on any atom is -0.481 e. The van der Waals surface area contributed by atoms with Crippen LogP contribution in [-0.2, 0) is 14.3 Å². The molecule has 0 bridgehead atoms. The summed E-state index contributed by atoms with van der Waals surface area (Å²) in [5.74, 6) is -1.15. The molecular formula is C10H17NO5. The fourth-order valence-corrected chi connectivity index (χ4v) is 0.966. The largest absolute Gasteiger partial charge is 0.481 e. The van der Waals surface area contributed by atoms with Crippen LogP contribution in [-0.4, -0.2) is 28.6 Å². The summed E-state index contributed by atoms with van der Waals surface area (Å²) in [6, 6.07) is 0. The van der Waals surface area contributed by atoms with Crippen LogP contribution < -0.4 is 5.73 Å². The molecule has 1 aliphatic carbocycles. The number of carboxylic acids is 1. The van der Waals surface area contributed by atoms with Gasteiger partial charge < -0.3 is 15.6 Å². The SMILES string of the molecule is CC(C)(C)OC(N)=O.O=C1CC(C(=O)O)C1. The molecule has 0 spiro atoms. The summed E-state index contributed by atoms with van der Waals surface area (Å²) in [6.07, 6.45) is -0.234.